The summed E-state index contributed by atoms with van der Waals surface area (Å²) in [5, 5.41) is 6.26. The second kappa shape index (κ2) is 8.54. The van der Waals surface area contributed by atoms with Crippen LogP contribution in [0.4, 0.5) is 27.8 Å². The molecule has 0 spiro atoms. The number of nitrogen functional groups attached to an aromatic ring is 1. The van der Waals surface area contributed by atoms with Crippen molar-refractivity contribution in [3.8, 4) is 11.4 Å². The van der Waals surface area contributed by atoms with Crippen LogP contribution < -0.4 is 16.4 Å². The van der Waals surface area contributed by atoms with Crippen molar-refractivity contribution in [2.45, 2.75) is 26.8 Å². The molecule has 4 rings (SSSR count). The number of hydrogen-bond acceptors (Lipinski definition) is 6. The fourth-order valence-electron chi connectivity index (χ4n) is 3.26. The monoisotopic (exact) mass is 430 g/mol. The molecule has 9 nitrogen and oxygen atoms in total. The number of urea groups is 1. The lowest BCUT2D eigenvalue weighted by Crippen LogP contribution is -2.36. The molecule has 2 amide bonds. The van der Waals surface area contributed by atoms with E-state index >= 15 is 0 Å². The third-order valence-electron chi connectivity index (χ3n) is 5.12. The van der Waals surface area contributed by atoms with Gasteiger partial charge < -0.3 is 21.3 Å². The molecular formula is C23H26N8O. The zero-order valence-corrected chi connectivity index (χ0v) is 18.5. The second-order valence-electron chi connectivity index (χ2n) is 7.80. The molecule has 1 aromatic carbocycles. The topological polar surface area (TPSA) is 113 Å². The minimum atomic E-state index is -0.153. The fourth-order valence-corrected chi connectivity index (χ4v) is 3.26. The van der Waals surface area contributed by atoms with Gasteiger partial charge in [-0.2, -0.15) is 0 Å². The number of fused-ring (bicyclic) bond motifs is 1. The number of anilines is 4. The van der Waals surface area contributed by atoms with Gasteiger partial charge in [0.2, 0.25) is 0 Å². The minimum absolute atomic E-state index is 0.115. The molecule has 4 aromatic rings. The highest BCUT2D eigenvalue weighted by atomic mass is 16.2. The van der Waals surface area contributed by atoms with Crippen molar-refractivity contribution >= 4 is 34.7 Å². The minimum Gasteiger partial charge on any atom is -0.384 e. The van der Waals surface area contributed by atoms with Gasteiger partial charge in [-0.05, 0) is 57.2 Å². The van der Waals surface area contributed by atoms with Gasteiger partial charge in [0.05, 0.1) is 5.69 Å². The van der Waals surface area contributed by atoms with Crippen LogP contribution in [-0.2, 0) is 0 Å². The van der Waals surface area contributed by atoms with Crippen molar-refractivity contribution in [2.75, 3.05) is 23.4 Å². The smallest absolute Gasteiger partial charge is 0.321 e. The van der Waals surface area contributed by atoms with E-state index in [0.717, 1.165) is 17.0 Å². The molecule has 3 aromatic heterocycles. The van der Waals surface area contributed by atoms with E-state index in [1.165, 1.54) is 0 Å². The summed E-state index contributed by atoms with van der Waals surface area (Å²) in [5.74, 6) is 1.63. The number of nitrogens with zero attached hydrogens (tertiary/aromatic N) is 5. The van der Waals surface area contributed by atoms with Crippen molar-refractivity contribution in [3.05, 3.63) is 60.6 Å². The van der Waals surface area contributed by atoms with Crippen LogP contribution in [-0.4, -0.2) is 43.4 Å². The lowest BCUT2D eigenvalue weighted by Gasteiger charge is -2.21. The molecule has 0 radical (unpaired) electrons. The van der Waals surface area contributed by atoms with E-state index in [1.807, 2.05) is 66.9 Å². The quantitative estimate of drug-likeness (QED) is 0.435. The van der Waals surface area contributed by atoms with Crippen LogP contribution in [0.3, 0.4) is 0 Å². The number of carbonyl (C=O) groups is 1. The van der Waals surface area contributed by atoms with Crippen molar-refractivity contribution in [2.24, 2.45) is 0 Å². The predicted octanol–water partition coefficient (Wildman–Crippen LogP) is 4.30. The zero-order chi connectivity index (χ0) is 22.8. The molecule has 164 valence electrons. The Hall–Kier alpha value is -4.14. The number of rotatable bonds is 5. The maximum absolute atomic E-state index is 12.2. The van der Waals surface area contributed by atoms with Gasteiger partial charge in [-0.15, -0.1) is 0 Å². The molecular weight excluding hydrogens is 404 g/mol. The summed E-state index contributed by atoms with van der Waals surface area (Å²) < 4.78 is 1.96. The normalized spacial score (nSPS) is 11.0. The fraction of sp³-hybridized carbons (Fsp3) is 0.217. The molecule has 0 unspecified atom stereocenters. The van der Waals surface area contributed by atoms with E-state index in [2.05, 4.69) is 20.6 Å². The van der Waals surface area contributed by atoms with Crippen LogP contribution in [0.15, 0.2) is 54.7 Å². The van der Waals surface area contributed by atoms with Crippen LogP contribution in [0.25, 0.3) is 17.0 Å². The highest BCUT2D eigenvalue weighted by Gasteiger charge is 2.17. The van der Waals surface area contributed by atoms with Crippen molar-refractivity contribution in [1.82, 2.24) is 24.3 Å². The molecule has 0 saturated heterocycles. The molecule has 32 heavy (non-hydrogen) atoms. The predicted molar refractivity (Wildman–Crippen MR) is 127 cm³/mol. The summed E-state index contributed by atoms with van der Waals surface area (Å²) in [5.41, 5.74) is 9.74. The van der Waals surface area contributed by atoms with Gasteiger partial charge >= 0.3 is 6.03 Å². The van der Waals surface area contributed by atoms with Crippen molar-refractivity contribution in [3.63, 3.8) is 0 Å². The van der Waals surface area contributed by atoms with E-state index in [9.17, 15) is 4.79 Å². The Bertz CT molecular complexity index is 1240. The molecule has 0 aliphatic rings. The third kappa shape index (κ3) is 4.31. The Morgan fingerprint density at radius 1 is 1.06 bits per heavy atom. The molecule has 4 N–H and O–H groups in total. The molecule has 0 aliphatic heterocycles. The summed E-state index contributed by atoms with van der Waals surface area (Å²) in [7, 11) is 1.77. The van der Waals surface area contributed by atoms with E-state index in [0.29, 0.717) is 28.8 Å². The molecule has 0 saturated carbocycles. The Morgan fingerprint density at radius 3 is 2.47 bits per heavy atom. The number of amides is 2. The average Bonchev–Trinajstić information content (AvgIpc) is 3.11. The summed E-state index contributed by atoms with van der Waals surface area (Å²) in [6.07, 6.45) is 1.93. The maximum atomic E-state index is 12.2. The third-order valence-corrected chi connectivity index (χ3v) is 5.12. The number of imidazole rings is 1. The number of nitrogens with one attached hydrogen (secondary N) is 2. The molecule has 0 fully saturated rings. The van der Waals surface area contributed by atoms with Gasteiger partial charge in [-0.3, -0.25) is 4.40 Å². The number of carbonyl (C=O) groups excluding carboxylic acids is 1. The standard InChI is InChI=1S/C23H26N8O/c1-14(2)30(4)23(32)28-17-10-8-16(9-11-17)27-22-21(18-13-19(24)26-15(3)25-18)31-12-6-5-7-20(31)29-22/h5-14,27H,1-4H3,(H,28,32)(H2,24,25,26). The number of benzene rings is 1. The summed E-state index contributed by atoms with van der Waals surface area (Å²) in [4.78, 5) is 27.4. The lowest BCUT2D eigenvalue weighted by molar-refractivity contribution is 0.211. The first kappa shape index (κ1) is 21.1. The largest absolute Gasteiger partial charge is 0.384 e. The number of nitrogens with two attached hydrogens (primary N) is 1. The summed E-state index contributed by atoms with van der Waals surface area (Å²) in [6.45, 7) is 5.73. The van der Waals surface area contributed by atoms with E-state index in [1.54, 1.807) is 24.9 Å². The van der Waals surface area contributed by atoms with E-state index < -0.39 is 0 Å². The Kier molecular flexibility index (Phi) is 5.63. The number of aromatic nitrogens is 4. The van der Waals surface area contributed by atoms with Crippen LogP contribution >= 0.6 is 0 Å². The van der Waals surface area contributed by atoms with Gasteiger partial charge in [-0.1, -0.05) is 6.07 Å². The first-order valence-electron chi connectivity index (χ1n) is 10.3. The first-order valence-corrected chi connectivity index (χ1v) is 10.3. The van der Waals surface area contributed by atoms with Gasteiger partial charge in [-0.25, -0.2) is 19.7 Å². The number of aryl methyl sites for hydroxylation is 1. The van der Waals surface area contributed by atoms with Crippen LogP contribution in [0, 0.1) is 6.92 Å². The van der Waals surface area contributed by atoms with Gasteiger partial charge in [0.25, 0.3) is 0 Å². The Labute approximate surface area is 186 Å². The van der Waals surface area contributed by atoms with Gasteiger partial charge in [0.15, 0.2) is 5.82 Å². The second-order valence-corrected chi connectivity index (χ2v) is 7.80. The van der Waals surface area contributed by atoms with Crippen molar-refractivity contribution in [1.29, 1.82) is 0 Å². The molecule has 0 atom stereocenters. The molecule has 3 heterocycles. The average molecular weight is 431 g/mol. The zero-order valence-electron chi connectivity index (χ0n) is 18.5. The molecule has 9 heteroatoms. The molecule has 0 aliphatic carbocycles. The molecule has 0 bridgehead atoms. The number of hydrogen-bond donors (Lipinski definition) is 3. The van der Waals surface area contributed by atoms with Crippen LogP contribution in [0.1, 0.15) is 19.7 Å². The van der Waals surface area contributed by atoms with Crippen LogP contribution in [0.5, 0.6) is 0 Å². The summed E-state index contributed by atoms with van der Waals surface area (Å²) in [6, 6.07) is 15.0. The highest BCUT2D eigenvalue weighted by molar-refractivity contribution is 5.89. The number of pyridine rings is 1. The Balaban J connectivity index is 1.64. The maximum Gasteiger partial charge on any atom is 0.321 e. The van der Waals surface area contributed by atoms with Gasteiger partial charge in [0.1, 0.15) is 23.0 Å². The Morgan fingerprint density at radius 2 is 1.78 bits per heavy atom. The lowest BCUT2D eigenvalue weighted by atomic mass is 10.2. The van der Waals surface area contributed by atoms with Crippen LogP contribution in [0.2, 0.25) is 0 Å². The van der Waals surface area contributed by atoms with Crippen molar-refractivity contribution < 1.29 is 4.79 Å². The van der Waals surface area contributed by atoms with E-state index in [4.69, 9.17) is 10.7 Å². The first-order chi connectivity index (χ1) is 15.3. The summed E-state index contributed by atoms with van der Waals surface area (Å²) >= 11 is 0. The van der Waals surface area contributed by atoms with E-state index in [-0.39, 0.29) is 12.1 Å². The SMILES string of the molecule is Cc1nc(N)cc(-c2c(Nc3ccc(NC(=O)N(C)C(C)C)cc3)nc3ccccn23)n1. The van der Waals surface area contributed by atoms with Gasteiger partial charge in [0, 0.05) is 36.7 Å². The highest BCUT2D eigenvalue weighted by Crippen LogP contribution is 2.31.